The molecule has 0 unspecified atom stereocenters. The maximum absolute atomic E-state index is 3.28. The molecule has 0 N–H and O–H groups in total. The van der Waals surface area contributed by atoms with Gasteiger partial charge >= 0.3 is 0 Å². The van der Waals surface area contributed by atoms with E-state index in [1.54, 1.807) is 0 Å². The molecule has 0 bridgehead atoms. The van der Waals surface area contributed by atoms with Gasteiger partial charge in [0.25, 0.3) is 0 Å². The van der Waals surface area contributed by atoms with Crippen LogP contribution in [0.3, 0.4) is 0 Å². The second-order valence-corrected chi connectivity index (χ2v) is 2.47. The lowest BCUT2D eigenvalue weighted by Crippen LogP contribution is -1.60. The van der Waals surface area contributed by atoms with Crippen molar-refractivity contribution in [2.24, 2.45) is 0 Å². The van der Waals surface area contributed by atoms with Crippen molar-refractivity contribution in [3.05, 3.63) is 23.8 Å². The van der Waals surface area contributed by atoms with E-state index in [0.717, 1.165) is 5.33 Å². The van der Waals surface area contributed by atoms with Gasteiger partial charge in [0.15, 0.2) is 0 Å². The highest BCUT2D eigenvalue weighted by molar-refractivity contribution is 9.09. The van der Waals surface area contributed by atoms with Crippen LogP contribution in [0.15, 0.2) is 23.8 Å². The third-order valence-electron chi connectivity index (χ3n) is 0.655. The zero-order valence-electron chi connectivity index (χ0n) is 5.32. The summed E-state index contributed by atoms with van der Waals surface area (Å²) in [5, 5.41) is 0.941. The lowest BCUT2D eigenvalue weighted by atomic mass is 10.3. The Morgan fingerprint density at radius 1 is 1.50 bits per heavy atom. The first-order valence-corrected chi connectivity index (χ1v) is 3.75. The first-order chi connectivity index (χ1) is 3.77. The van der Waals surface area contributed by atoms with E-state index < -0.39 is 0 Å². The third-order valence-corrected chi connectivity index (χ3v) is 1.03. The summed E-state index contributed by atoms with van der Waals surface area (Å²) in [5.74, 6) is 0. The van der Waals surface area contributed by atoms with Gasteiger partial charge in [-0.05, 0) is 13.8 Å². The largest absolute Gasteiger partial charge is 0.0883 e. The Morgan fingerprint density at radius 2 is 2.12 bits per heavy atom. The molecule has 0 saturated heterocycles. The summed E-state index contributed by atoms with van der Waals surface area (Å²) in [6.45, 7) is 4.16. The highest BCUT2D eigenvalue weighted by atomic mass is 79.9. The van der Waals surface area contributed by atoms with Gasteiger partial charge in [-0.2, -0.15) is 0 Å². The summed E-state index contributed by atoms with van der Waals surface area (Å²) in [7, 11) is 0. The summed E-state index contributed by atoms with van der Waals surface area (Å²) in [5.41, 5.74) is 1.34. The monoisotopic (exact) mass is 174 g/mol. The fraction of sp³-hybridized carbons (Fsp3) is 0.429. The standard InChI is InChI=1S/C7H11Br/c1-7(2)5-3-4-6-8/h3-5H,6H2,1-2H3. The van der Waals surface area contributed by atoms with Crippen molar-refractivity contribution >= 4 is 15.9 Å². The van der Waals surface area contributed by atoms with Gasteiger partial charge in [-0.25, -0.2) is 0 Å². The molecule has 0 aromatic carbocycles. The van der Waals surface area contributed by atoms with Gasteiger partial charge < -0.3 is 0 Å². The molecular formula is C7H11Br. The quantitative estimate of drug-likeness (QED) is 0.447. The maximum Gasteiger partial charge on any atom is 0.0215 e. The van der Waals surface area contributed by atoms with Crippen molar-refractivity contribution < 1.29 is 0 Å². The fourth-order valence-corrected chi connectivity index (χ4v) is 0.528. The van der Waals surface area contributed by atoms with E-state index in [9.17, 15) is 0 Å². The summed E-state index contributed by atoms with van der Waals surface area (Å²) in [4.78, 5) is 0. The van der Waals surface area contributed by atoms with E-state index in [4.69, 9.17) is 0 Å². The Hall–Kier alpha value is -0.0400. The molecule has 0 amide bonds. The number of allylic oxidation sites excluding steroid dienone is 4. The molecule has 0 saturated carbocycles. The predicted molar refractivity (Wildman–Crippen MR) is 42.4 cm³/mol. The Kier molecular flexibility index (Phi) is 5.08. The first kappa shape index (κ1) is 7.96. The molecule has 8 heavy (non-hydrogen) atoms. The lowest BCUT2D eigenvalue weighted by Gasteiger charge is -1.79. The lowest BCUT2D eigenvalue weighted by molar-refractivity contribution is 1.39. The molecule has 0 aromatic rings. The Balaban J connectivity index is 3.42. The molecule has 0 rings (SSSR count). The van der Waals surface area contributed by atoms with Crippen molar-refractivity contribution in [3.8, 4) is 0 Å². The molecule has 0 heterocycles. The number of halogens is 1. The van der Waals surface area contributed by atoms with Crippen LogP contribution in [0.5, 0.6) is 0 Å². The molecule has 0 radical (unpaired) electrons. The third kappa shape index (κ3) is 5.96. The zero-order chi connectivity index (χ0) is 6.41. The van der Waals surface area contributed by atoms with Crippen molar-refractivity contribution in [1.82, 2.24) is 0 Å². The smallest absolute Gasteiger partial charge is 0.0215 e. The van der Waals surface area contributed by atoms with Crippen LogP contribution < -0.4 is 0 Å². The molecule has 0 nitrogen and oxygen atoms in total. The van der Waals surface area contributed by atoms with Gasteiger partial charge in [-0.3, -0.25) is 0 Å². The Morgan fingerprint density at radius 3 is 2.50 bits per heavy atom. The van der Waals surface area contributed by atoms with Crippen LogP contribution in [0.4, 0.5) is 0 Å². The number of rotatable bonds is 2. The van der Waals surface area contributed by atoms with E-state index in [1.807, 2.05) is 6.08 Å². The molecule has 0 aliphatic carbocycles. The Labute approximate surface area is 59.4 Å². The summed E-state index contributed by atoms with van der Waals surface area (Å²) in [6, 6.07) is 0. The minimum absolute atomic E-state index is 0.941. The summed E-state index contributed by atoms with van der Waals surface area (Å²) in [6.07, 6.45) is 6.19. The van der Waals surface area contributed by atoms with Gasteiger partial charge in [0.2, 0.25) is 0 Å². The second kappa shape index (κ2) is 5.10. The van der Waals surface area contributed by atoms with Crippen molar-refractivity contribution in [3.63, 3.8) is 0 Å². The minimum atomic E-state index is 0.941. The number of alkyl halides is 1. The van der Waals surface area contributed by atoms with E-state index in [0.29, 0.717) is 0 Å². The van der Waals surface area contributed by atoms with E-state index >= 15 is 0 Å². The number of hydrogen-bond donors (Lipinski definition) is 0. The van der Waals surface area contributed by atoms with Gasteiger partial charge in [0.05, 0.1) is 0 Å². The summed E-state index contributed by atoms with van der Waals surface area (Å²) >= 11 is 3.28. The van der Waals surface area contributed by atoms with Crippen molar-refractivity contribution in [2.45, 2.75) is 13.8 Å². The average Bonchev–Trinajstić information content (AvgIpc) is 1.66. The average molecular weight is 175 g/mol. The van der Waals surface area contributed by atoms with Gasteiger partial charge in [-0.15, -0.1) is 0 Å². The van der Waals surface area contributed by atoms with Crippen LogP contribution in [0.2, 0.25) is 0 Å². The van der Waals surface area contributed by atoms with Crippen molar-refractivity contribution in [2.75, 3.05) is 5.33 Å². The molecular weight excluding hydrogens is 164 g/mol. The van der Waals surface area contributed by atoms with Gasteiger partial charge in [0, 0.05) is 5.33 Å². The van der Waals surface area contributed by atoms with Crippen LogP contribution in [0.25, 0.3) is 0 Å². The molecule has 0 aromatic heterocycles. The van der Waals surface area contributed by atoms with Crippen LogP contribution in [0.1, 0.15) is 13.8 Å². The minimum Gasteiger partial charge on any atom is -0.0883 e. The maximum atomic E-state index is 3.28. The van der Waals surface area contributed by atoms with E-state index in [-0.39, 0.29) is 0 Å². The molecule has 0 aliphatic rings. The van der Waals surface area contributed by atoms with Gasteiger partial charge in [0.1, 0.15) is 0 Å². The Bertz CT molecular complexity index is 97.0. The second-order valence-electron chi connectivity index (χ2n) is 1.83. The first-order valence-electron chi connectivity index (χ1n) is 2.63. The van der Waals surface area contributed by atoms with Crippen molar-refractivity contribution in [1.29, 1.82) is 0 Å². The zero-order valence-corrected chi connectivity index (χ0v) is 6.90. The molecule has 1 heteroatoms. The topological polar surface area (TPSA) is 0 Å². The van der Waals surface area contributed by atoms with E-state index in [1.165, 1.54) is 5.57 Å². The predicted octanol–water partition coefficient (Wildman–Crippen LogP) is 2.90. The normalized spacial score (nSPS) is 9.88. The van der Waals surface area contributed by atoms with E-state index in [2.05, 4.69) is 41.9 Å². The van der Waals surface area contributed by atoms with Crippen LogP contribution in [-0.4, -0.2) is 5.33 Å². The molecule has 0 aliphatic heterocycles. The number of hydrogen-bond acceptors (Lipinski definition) is 0. The molecule has 0 fully saturated rings. The van der Waals surface area contributed by atoms with Crippen LogP contribution in [0, 0.1) is 0 Å². The SMILES string of the molecule is CC(C)=CC=CCBr. The van der Waals surface area contributed by atoms with Crippen LogP contribution in [-0.2, 0) is 0 Å². The van der Waals surface area contributed by atoms with Crippen LogP contribution >= 0.6 is 15.9 Å². The van der Waals surface area contributed by atoms with Gasteiger partial charge in [-0.1, -0.05) is 39.7 Å². The molecule has 0 spiro atoms. The molecule has 46 valence electrons. The fourth-order valence-electron chi connectivity index (χ4n) is 0.312. The highest BCUT2D eigenvalue weighted by Crippen LogP contribution is 1.89. The highest BCUT2D eigenvalue weighted by Gasteiger charge is 1.68. The molecule has 0 atom stereocenters. The summed E-state index contributed by atoms with van der Waals surface area (Å²) < 4.78 is 0.